The zero-order valence-corrected chi connectivity index (χ0v) is 10.5. The van der Waals surface area contributed by atoms with Crippen molar-refractivity contribution in [2.24, 2.45) is 0 Å². The summed E-state index contributed by atoms with van der Waals surface area (Å²) in [5.41, 5.74) is -0.0274. The van der Waals surface area contributed by atoms with Gasteiger partial charge in [-0.25, -0.2) is 0 Å². The highest BCUT2D eigenvalue weighted by Crippen LogP contribution is 2.36. The molecular weight excluding hydrogens is 256 g/mol. The first-order valence-corrected chi connectivity index (χ1v) is 5.37. The Morgan fingerprint density at radius 1 is 1.33 bits per heavy atom. The molecule has 0 aliphatic heterocycles. The normalized spacial score (nSPS) is 10.1. The fourth-order valence-corrected chi connectivity index (χ4v) is 2.02. The molecule has 1 aromatic heterocycles. The summed E-state index contributed by atoms with van der Waals surface area (Å²) in [6, 6.07) is 3.38. The molecule has 18 heavy (non-hydrogen) atoms. The van der Waals surface area contributed by atoms with E-state index in [2.05, 4.69) is 4.98 Å². The molecule has 5 nitrogen and oxygen atoms in total. The maximum Gasteiger partial charge on any atom is 0.208 e. The summed E-state index contributed by atoms with van der Waals surface area (Å²) >= 11 is 6.09. The standard InChI is InChI=1S/C12H9ClN2O3/c1-17-7-3-8(18-2)11-9(10(7)13)12(16)6(4-14)5-15-11/h3,5H,1-2H3,(H,15,16). The molecule has 0 radical (unpaired) electrons. The van der Waals surface area contributed by atoms with E-state index in [0.717, 1.165) is 0 Å². The zero-order valence-electron chi connectivity index (χ0n) is 9.70. The Morgan fingerprint density at radius 3 is 2.56 bits per heavy atom. The average molecular weight is 265 g/mol. The molecule has 0 saturated heterocycles. The minimum Gasteiger partial charge on any atom is -0.495 e. The molecule has 6 heteroatoms. The first-order valence-electron chi connectivity index (χ1n) is 5.00. The van der Waals surface area contributed by atoms with E-state index in [9.17, 15) is 4.79 Å². The largest absolute Gasteiger partial charge is 0.495 e. The number of nitrogens with zero attached hydrogens (tertiary/aromatic N) is 1. The van der Waals surface area contributed by atoms with Crippen LogP contribution in [0.15, 0.2) is 17.1 Å². The highest BCUT2D eigenvalue weighted by Gasteiger charge is 2.16. The fraction of sp³-hybridized carbons (Fsp3) is 0.167. The number of methoxy groups -OCH3 is 2. The van der Waals surface area contributed by atoms with Crippen molar-refractivity contribution in [1.82, 2.24) is 4.98 Å². The minimum atomic E-state index is -0.451. The molecule has 2 rings (SSSR count). The quantitative estimate of drug-likeness (QED) is 0.901. The van der Waals surface area contributed by atoms with Gasteiger partial charge in [0.2, 0.25) is 5.43 Å². The van der Waals surface area contributed by atoms with E-state index in [1.807, 2.05) is 0 Å². The predicted molar refractivity (Wildman–Crippen MR) is 67.4 cm³/mol. The van der Waals surface area contributed by atoms with Crippen LogP contribution in [0.25, 0.3) is 10.9 Å². The molecular formula is C12H9ClN2O3. The van der Waals surface area contributed by atoms with Gasteiger partial charge >= 0.3 is 0 Å². The van der Waals surface area contributed by atoms with Gasteiger partial charge in [0.05, 0.1) is 30.1 Å². The summed E-state index contributed by atoms with van der Waals surface area (Å²) in [7, 11) is 2.91. The number of nitrogens with one attached hydrogen (secondary N) is 1. The number of nitriles is 1. The highest BCUT2D eigenvalue weighted by molar-refractivity contribution is 6.37. The Labute approximate surface area is 108 Å². The Kier molecular flexibility index (Phi) is 3.13. The van der Waals surface area contributed by atoms with Gasteiger partial charge in [-0.15, -0.1) is 0 Å². The van der Waals surface area contributed by atoms with Gasteiger partial charge in [0.25, 0.3) is 0 Å². The molecule has 0 aliphatic carbocycles. The maximum absolute atomic E-state index is 12.1. The molecule has 0 saturated carbocycles. The second kappa shape index (κ2) is 4.59. The Hall–Kier alpha value is -2.19. The van der Waals surface area contributed by atoms with Gasteiger partial charge in [-0.05, 0) is 0 Å². The van der Waals surface area contributed by atoms with Crippen molar-refractivity contribution in [1.29, 1.82) is 5.26 Å². The van der Waals surface area contributed by atoms with E-state index in [1.165, 1.54) is 20.4 Å². The Morgan fingerprint density at radius 2 is 2.00 bits per heavy atom. The zero-order chi connectivity index (χ0) is 13.3. The van der Waals surface area contributed by atoms with Crippen LogP contribution in [0.3, 0.4) is 0 Å². The van der Waals surface area contributed by atoms with E-state index >= 15 is 0 Å². The molecule has 0 spiro atoms. The number of hydrogen-bond donors (Lipinski definition) is 1. The molecule has 0 bridgehead atoms. The van der Waals surface area contributed by atoms with Crippen molar-refractivity contribution in [3.63, 3.8) is 0 Å². The predicted octanol–water partition coefficient (Wildman–Crippen LogP) is 2.07. The first-order chi connectivity index (χ1) is 8.63. The SMILES string of the molecule is COc1cc(OC)c2[nH]cc(C#N)c(=O)c2c1Cl. The molecule has 92 valence electrons. The number of halogens is 1. The molecule has 1 heterocycles. The number of aromatic amines is 1. The minimum absolute atomic E-state index is 0.0142. The van der Waals surface area contributed by atoms with Crippen LogP contribution in [0.4, 0.5) is 0 Å². The summed E-state index contributed by atoms with van der Waals surface area (Å²) in [5, 5.41) is 9.19. The Balaban J connectivity index is 3.02. The number of pyridine rings is 1. The Bertz CT molecular complexity index is 716. The van der Waals surface area contributed by atoms with E-state index in [1.54, 1.807) is 12.1 Å². The smallest absolute Gasteiger partial charge is 0.208 e. The number of ether oxygens (including phenoxy) is 2. The number of rotatable bonds is 2. The van der Waals surface area contributed by atoms with Crippen molar-refractivity contribution in [2.75, 3.05) is 14.2 Å². The molecule has 1 N–H and O–H groups in total. The van der Waals surface area contributed by atoms with Crippen molar-refractivity contribution >= 4 is 22.5 Å². The van der Waals surface area contributed by atoms with Crippen LogP contribution in [0.2, 0.25) is 5.02 Å². The van der Waals surface area contributed by atoms with Crippen LogP contribution >= 0.6 is 11.6 Å². The van der Waals surface area contributed by atoms with Crippen LogP contribution in [-0.2, 0) is 0 Å². The number of aromatic nitrogens is 1. The van der Waals surface area contributed by atoms with Gasteiger partial charge in [-0.2, -0.15) is 5.26 Å². The number of benzene rings is 1. The van der Waals surface area contributed by atoms with E-state index in [-0.39, 0.29) is 16.0 Å². The summed E-state index contributed by atoms with van der Waals surface area (Å²) in [4.78, 5) is 14.9. The van der Waals surface area contributed by atoms with Gasteiger partial charge in [0.1, 0.15) is 23.1 Å². The van der Waals surface area contributed by atoms with Crippen LogP contribution in [0.1, 0.15) is 5.56 Å². The van der Waals surface area contributed by atoms with E-state index in [4.69, 9.17) is 26.3 Å². The number of fused-ring (bicyclic) bond motifs is 1. The van der Waals surface area contributed by atoms with Crippen LogP contribution in [-0.4, -0.2) is 19.2 Å². The van der Waals surface area contributed by atoms with Gasteiger partial charge in [0.15, 0.2) is 0 Å². The van der Waals surface area contributed by atoms with Crippen molar-refractivity contribution < 1.29 is 9.47 Å². The number of H-pyrrole nitrogens is 1. The van der Waals surface area contributed by atoms with Crippen molar-refractivity contribution in [3.8, 4) is 17.6 Å². The topological polar surface area (TPSA) is 75.1 Å². The second-order valence-electron chi connectivity index (χ2n) is 3.49. The van der Waals surface area contributed by atoms with E-state index < -0.39 is 5.43 Å². The highest BCUT2D eigenvalue weighted by atomic mass is 35.5. The third kappa shape index (κ3) is 1.67. The first kappa shape index (κ1) is 12.3. The molecule has 2 aromatic rings. The second-order valence-corrected chi connectivity index (χ2v) is 3.87. The van der Waals surface area contributed by atoms with Crippen LogP contribution in [0.5, 0.6) is 11.5 Å². The van der Waals surface area contributed by atoms with Crippen LogP contribution < -0.4 is 14.9 Å². The fourth-order valence-electron chi connectivity index (χ4n) is 1.70. The third-order valence-electron chi connectivity index (χ3n) is 2.59. The lowest BCUT2D eigenvalue weighted by Crippen LogP contribution is -2.09. The lowest BCUT2D eigenvalue weighted by molar-refractivity contribution is 0.397. The average Bonchev–Trinajstić information content (AvgIpc) is 2.39. The van der Waals surface area contributed by atoms with Gasteiger partial charge in [-0.1, -0.05) is 11.6 Å². The summed E-state index contributed by atoms with van der Waals surface area (Å²) < 4.78 is 10.2. The van der Waals surface area contributed by atoms with Gasteiger partial charge in [-0.3, -0.25) is 4.79 Å². The molecule has 0 fully saturated rings. The van der Waals surface area contributed by atoms with Crippen LogP contribution in [0, 0.1) is 11.3 Å². The molecule has 0 unspecified atom stereocenters. The van der Waals surface area contributed by atoms with Crippen molar-refractivity contribution in [2.45, 2.75) is 0 Å². The van der Waals surface area contributed by atoms with Crippen molar-refractivity contribution in [3.05, 3.63) is 33.1 Å². The third-order valence-corrected chi connectivity index (χ3v) is 2.96. The summed E-state index contributed by atoms with van der Waals surface area (Å²) in [6.07, 6.45) is 1.33. The lowest BCUT2D eigenvalue weighted by Gasteiger charge is -2.10. The lowest BCUT2D eigenvalue weighted by atomic mass is 10.1. The summed E-state index contributed by atoms with van der Waals surface area (Å²) in [6.45, 7) is 0. The molecule has 0 amide bonds. The van der Waals surface area contributed by atoms with Gasteiger partial charge in [0, 0.05) is 12.3 Å². The number of hydrogen-bond acceptors (Lipinski definition) is 4. The maximum atomic E-state index is 12.1. The monoisotopic (exact) mass is 264 g/mol. The molecule has 0 aliphatic rings. The van der Waals surface area contributed by atoms with E-state index in [0.29, 0.717) is 17.0 Å². The molecule has 0 atom stereocenters. The van der Waals surface area contributed by atoms with Gasteiger partial charge < -0.3 is 14.5 Å². The molecule has 1 aromatic carbocycles. The summed E-state index contributed by atoms with van der Waals surface area (Å²) in [5.74, 6) is 0.745.